The molecule has 0 aromatic heterocycles. The van der Waals surface area contributed by atoms with Crippen LogP contribution < -0.4 is 16.0 Å². The van der Waals surface area contributed by atoms with E-state index in [4.69, 9.17) is 14.2 Å². The summed E-state index contributed by atoms with van der Waals surface area (Å²) in [6, 6.07) is 0. The molecule has 0 aliphatic carbocycles. The highest BCUT2D eigenvalue weighted by atomic mass is 33.1. The summed E-state index contributed by atoms with van der Waals surface area (Å²) in [5.74, 6) is -0.575. The van der Waals surface area contributed by atoms with Crippen molar-refractivity contribution in [2.24, 2.45) is 5.92 Å². The monoisotopic (exact) mass is 604 g/mol. The Morgan fingerprint density at radius 2 is 1.55 bits per heavy atom. The molecule has 5 amide bonds. The van der Waals surface area contributed by atoms with Gasteiger partial charge in [-0.2, -0.15) is 0 Å². The van der Waals surface area contributed by atoms with Gasteiger partial charge in [0.25, 0.3) is 0 Å². The highest BCUT2D eigenvalue weighted by Gasteiger charge is 2.35. The zero-order chi connectivity index (χ0) is 29.8. The van der Waals surface area contributed by atoms with E-state index in [0.717, 1.165) is 4.90 Å². The van der Waals surface area contributed by atoms with Crippen molar-refractivity contribution in [2.45, 2.75) is 51.2 Å². The second-order valence-electron chi connectivity index (χ2n) is 9.66. The summed E-state index contributed by atoms with van der Waals surface area (Å²) < 4.78 is 15.9. The van der Waals surface area contributed by atoms with E-state index in [1.807, 2.05) is 0 Å². The van der Waals surface area contributed by atoms with Crippen molar-refractivity contribution >= 4 is 51.1 Å². The molecule has 1 unspecified atom stereocenters. The van der Waals surface area contributed by atoms with Gasteiger partial charge in [-0.15, -0.1) is 0 Å². The van der Waals surface area contributed by atoms with Gasteiger partial charge in [-0.1, -0.05) is 35.1 Å². The molecule has 1 fully saturated rings. The summed E-state index contributed by atoms with van der Waals surface area (Å²) >= 11 is 0. The Morgan fingerprint density at radius 1 is 0.950 bits per heavy atom. The molecule has 40 heavy (non-hydrogen) atoms. The number of hydrogen-bond acceptors (Lipinski definition) is 10. The molecular formula is C26H44N4O8S2. The Bertz CT molecular complexity index is 844. The predicted octanol–water partition coefficient (Wildman–Crippen LogP) is 1.25. The number of rotatable bonds is 23. The SMILES string of the molecule is C=COCC(C)(C)SSCCC(=O)NCCNC(=O)CCOCCOCCNC(=O)CCN1C(=O)CC(C)C1=O. The molecule has 0 saturated carbocycles. The number of hydrogen-bond donors (Lipinski definition) is 3. The third kappa shape index (κ3) is 16.7. The van der Waals surface area contributed by atoms with E-state index in [-0.39, 0.29) is 72.6 Å². The smallest absolute Gasteiger partial charge is 0.232 e. The highest BCUT2D eigenvalue weighted by molar-refractivity contribution is 8.77. The summed E-state index contributed by atoms with van der Waals surface area (Å²) in [5.41, 5.74) is 0. The Hall–Kier alpha value is -2.29. The Morgan fingerprint density at radius 3 is 2.17 bits per heavy atom. The van der Waals surface area contributed by atoms with Crippen molar-refractivity contribution in [3.8, 4) is 0 Å². The van der Waals surface area contributed by atoms with Crippen LogP contribution in [0.5, 0.6) is 0 Å². The van der Waals surface area contributed by atoms with Gasteiger partial charge in [0.05, 0.1) is 37.4 Å². The second-order valence-corrected chi connectivity index (χ2v) is 12.8. The van der Waals surface area contributed by atoms with Gasteiger partial charge in [-0.05, 0) is 13.8 Å². The molecule has 1 heterocycles. The molecule has 1 aliphatic rings. The lowest BCUT2D eigenvalue weighted by atomic mass is 10.1. The first-order chi connectivity index (χ1) is 19.1. The Kier molecular flexibility index (Phi) is 18.4. The molecular weight excluding hydrogens is 560 g/mol. The first kappa shape index (κ1) is 35.7. The maximum Gasteiger partial charge on any atom is 0.232 e. The lowest BCUT2D eigenvalue weighted by molar-refractivity contribution is -0.139. The van der Waals surface area contributed by atoms with Crippen LogP contribution in [0.25, 0.3) is 0 Å². The van der Waals surface area contributed by atoms with E-state index in [0.29, 0.717) is 58.2 Å². The van der Waals surface area contributed by atoms with Crippen molar-refractivity contribution in [3.63, 3.8) is 0 Å². The molecule has 12 nitrogen and oxygen atoms in total. The third-order valence-corrected chi connectivity index (χ3v) is 8.73. The first-order valence-electron chi connectivity index (χ1n) is 13.4. The van der Waals surface area contributed by atoms with Crippen molar-refractivity contribution in [1.29, 1.82) is 0 Å². The van der Waals surface area contributed by atoms with Crippen LogP contribution in [0.2, 0.25) is 0 Å². The lowest BCUT2D eigenvalue weighted by Gasteiger charge is -2.22. The van der Waals surface area contributed by atoms with Crippen LogP contribution >= 0.6 is 21.6 Å². The average molecular weight is 605 g/mol. The van der Waals surface area contributed by atoms with Crippen molar-refractivity contribution in [1.82, 2.24) is 20.9 Å². The zero-order valence-corrected chi connectivity index (χ0v) is 25.4. The van der Waals surface area contributed by atoms with Gasteiger partial charge in [-0.3, -0.25) is 28.9 Å². The summed E-state index contributed by atoms with van der Waals surface area (Å²) in [4.78, 5) is 60.3. The molecule has 0 spiro atoms. The largest absolute Gasteiger partial charge is 0.500 e. The summed E-state index contributed by atoms with van der Waals surface area (Å²) in [6.45, 7) is 12.2. The summed E-state index contributed by atoms with van der Waals surface area (Å²) in [7, 11) is 3.29. The van der Waals surface area contributed by atoms with Crippen LogP contribution in [-0.4, -0.2) is 104 Å². The lowest BCUT2D eigenvalue weighted by Crippen LogP contribution is -2.35. The standard InChI is InChI=1S/C26H44N4O8S2/c1-5-36-19-26(3,4)40-39-17-8-23(33)28-10-9-27-22(32)7-13-37-15-16-38-14-11-29-21(31)6-12-30-24(34)18-20(2)25(30)35/h5,20H,1,6-19H2,2-4H3,(H,27,32)(H,28,33)(H,29,31). The molecule has 14 heteroatoms. The molecule has 1 rings (SSSR count). The number of amides is 5. The topological polar surface area (TPSA) is 152 Å². The Labute approximate surface area is 244 Å². The molecule has 1 saturated heterocycles. The van der Waals surface area contributed by atoms with Crippen molar-refractivity contribution < 1.29 is 38.2 Å². The van der Waals surface area contributed by atoms with E-state index < -0.39 is 0 Å². The van der Waals surface area contributed by atoms with E-state index in [9.17, 15) is 24.0 Å². The van der Waals surface area contributed by atoms with E-state index >= 15 is 0 Å². The fourth-order valence-electron chi connectivity index (χ4n) is 3.33. The fourth-order valence-corrected chi connectivity index (χ4v) is 5.72. The number of imide groups is 1. The minimum absolute atomic E-state index is 0.0601. The Balaban J connectivity index is 1.90. The quantitative estimate of drug-likeness (QED) is 0.0673. The van der Waals surface area contributed by atoms with Crippen LogP contribution in [0.4, 0.5) is 0 Å². The average Bonchev–Trinajstić information content (AvgIpc) is 3.15. The van der Waals surface area contributed by atoms with Crippen LogP contribution in [0.1, 0.15) is 46.5 Å². The maximum atomic E-state index is 11.9. The number of nitrogens with zero attached hydrogens (tertiary/aromatic N) is 1. The molecule has 0 aromatic carbocycles. The number of nitrogens with one attached hydrogen (secondary N) is 3. The van der Waals surface area contributed by atoms with Gasteiger partial charge in [0.2, 0.25) is 29.5 Å². The van der Waals surface area contributed by atoms with E-state index in [1.165, 1.54) is 6.26 Å². The number of carbonyl (C=O) groups excluding carboxylic acids is 5. The van der Waals surface area contributed by atoms with Crippen molar-refractivity contribution in [3.05, 3.63) is 12.8 Å². The van der Waals surface area contributed by atoms with Crippen molar-refractivity contribution in [2.75, 3.05) is 65.0 Å². The summed E-state index contributed by atoms with van der Waals surface area (Å²) in [6.07, 6.45) is 2.28. The predicted molar refractivity (Wildman–Crippen MR) is 155 cm³/mol. The third-order valence-electron chi connectivity index (χ3n) is 5.46. The number of ether oxygens (including phenoxy) is 3. The molecule has 0 radical (unpaired) electrons. The molecule has 3 N–H and O–H groups in total. The number of likely N-dealkylation sites (tertiary alicyclic amines) is 1. The van der Waals surface area contributed by atoms with Crippen LogP contribution in [-0.2, 0) is 38.2 Å². The van der Waals surface area contributed by atoms with Gasteiger partial charge >= 0.3 is 0 Å². The van der Waals surface area contributed by atoms with Gasteiger partial charge in [0.1, 0.15) is 6.61 Å². The van der Waals surface area contributed by atoms with Gasteiger partial charge < -0.3 is 30.2 Å². The van der Waals surface area contributed by atoms with Crippen LogP contribution in [0, 0.1) is 5.92 Å². The summed E-state index contributed by atoms with van der Waals surface area (Å²) in [5, 5.41) is 8.20. The molecule has 228 valence electrons. The molecule has 0 bridgehead atoms. The van der Waals surface area contributed by atoms with Gasteiger partial charge in [0.15, 0.2) is 0 Å². The minimum atomic E-state index is -0.313. The van der Waals surface area contributed by atoms with E-state index in [1.54, 1.807) is 28.5 Å². The first-order valence-corrected chi connectivity index (χ1v) is 15.7. The van der Waals surface area contributed by atoms with Crippen LogP contribution in [0.3, 0.4) is 0 Å². The number of carbonyl (C=O) groups is 5. The fraction of sp³-hybridized carbons (Fsp3) is 0.731. The van der Waals surface area contributed by atoms with Gasteiger partial charge in [0, 0.05) is 63.5 Å². The minimum Gasteiger partial charge on any atom is -0.500 e. The maximum absolute atomic E-state index is 11.9. The second kappa shape index (κ2) is 20.6. The van der Waals surface area contributed by atoms with E-state index in [2.05, 4.69) is 36.4 Å². The van der Waals surface area contributed by atoms with Gasteiger partial charge in [-0.25, -0.2) is 0 Å². The highest BCUT2D eigenvalue weighted by Crippen LogP contribution is 2.36. The van der Waals surface area contributed by atoms with Crippen LogP contribution in [0.15, 0.2) is 12.8 Å². The normalized spacial score (nSPS) is 15.2. The molecule has 0 aromatic rings. The zero-order valence-electron chi connectivity index (χ0n) is 23.8. The molecule has 1 aliphatic heterocycles. The molecule has 1 atom stereocenters.